The van der Waals surface area contributed by atoms with Crippen molar-refractivity contribution in [3.8, 4) is 5.75 Å². The molecule has 2 unspecified atom stereocenters. The van der Waals surface area contributed by atoms with Gasteiger partial charge in [0.15, 0.2) is 6.10 Å². The molecular weight excluding hydrogens is 294 g/mol. The van der Waals surface area contributed by atoms with E-state index in [1.165, 1.54) is 0 Å². The molecule has 1 aromatic carbocycles. The number of ether oxygens (including phenoxy) is 1. The molecule has 0 saturated heterocycles. The van der Waals surface area contributed by atoms with Crippen LogP contribution >= 0.6 is 15.9 Å². The average Bonchev–Trinajstić information content (AvgIpc) is 2.91. The molecule has 0 saturated carbocycles. The molecule has 0 radical (unpaired) electrons. The summed E-state index contributed by atoms with van der Waals surface area (Å²) in [5.41, 5.74) is 6.09. The fraction of sp³-hybridized carbons (Fsp3) is 0.286. The van der Waals surface area contributed by atoms with Gasteiger partial charge in [0.1, 0.15) is 11.5 Å². The number of hydrogen-bond donors (Lipinski definition) is 1. The second-order valence-corrected chi connectivity index (χ2v) is 5.00. The molecule has 0 fully saturated rings. The molecule has 2 aromatic rings. The van der Waals surface area contributed by atoms with E-state index < -0.39 is 0 Å². The molecule has 0 aliphatic heterocycles. The van der Waals surface area contributed by atoms with Crippen LogP contribution in [-0.4, -0.2) is 6.04 Å². The Bertz CT molecular complexity index is 467. The van der Waals surface area contributed by atoms with Gasteiger partial charge in [-0.2, -0.15) is 0 Å². The zero-order valence-electron chi connectivity index (χ0n) is 10.2. The molecule has 4 heteroatoms. The molecule has 2 atom stereocenters. The largest absolute Gasteiger partial charge is 0.481 e. The van der Waals surface area contributed by atoms with Gasteiger partial charge >= 0.3 is 0 Å². The fourth-order valence-corrected chi connectivity index (χ4v) is 1.95. The molecule has 2 rings (SSSR count). The third-order valence-corrected chi connectivity index (χ3v) is 3.29. The van der Waals surface area contributed by atoms with Gasteiger partial charge in [-0.05, 0) is 42.8 Å². The highest BCUT2D eigenvalue weighted by atomic mass is 79.9. The topological polar surface area (TPSA) is 48.4 Å². The summed E-state index contributed by atoms with van der Waals surface area (Å²) in [5.74, 6) is 1.54. The Kier molecular flexibility index (Phi) is 4.44. The van der Waals surface area contributed by atoms with E-state index in [0.29, 0.717) is 0 Å². The van der Waals surface area contributed by atoms with E-state index >= 15 is 0 Å². The summed E-state index contributed by atoms with van der Waals surface area (Å²) in [7, 11) is 0. The molecule has 18 heavy (non-hydrogen) atoms. The first kappa shape index (κ1) is 13.2. The van der Waals surface area contributed by atoms with E-state index in [4.69, 9.17) is 14.9 Å². The number of halogens is 1. The first-order valence-electron chi connectivity index (χ1n) is 5.92. The minimum Gasteiger partial charge on any atom is -0.481 e. The Hall–Kier alpha value is -1.26. The van der Waals surface area contributed by atoms with Gasteiger partial charge in [0.2, 0.25) is 0 Å². The summed E-state index contributed by atoms with van der Waals surface area (Å²) in [5, 5.41) is 0. The van der Waals surface area contributed by atoms with Gasteiger partial charge in [0.25, 0.3) is 0 Å². The Morgan fingerprint density at radius 3 is 2.56 bits per heavy atom. The second kappa shape index (κ2) is 6.07. The van der Waals surface area contributed by atoms with Crippen molar-refractivity contribution in [1.29, 1.82) is 0 Å². The maximum absolute atomic E-state index is 6.09. The minimum atomic E-state index is -0.258. The van der Waals surface area contributed by atoms with Crippen molar-refractivity contribution in [2.24, 2.45) is 5.73 Å². The van der Waals surface area contributed by atoms with Crippen molar-refractivity contribution in [3.05, 3.63) is 52.9 Å². The van der Waals surface area contributed by atoms with Crippen LogP contribution in [-0.2, 0) is 0 Å². The first-order valence-corrected chi connectivity index (χ1v) is 6.71. The molecule has 0 aliphatic carbocycles. The van der Waals surface area contributed by atoms with Crippen LogP contribution in [0.4, 0.5) is 0 Å². The van der Waals surface area contributed by atoms with Crippen molar-refractivity contribution in [2.75, 3.05) is 0 Å². The van der Waals surface area contributed by atoms with Crippen molar-refractivity contribution in [3.63, 3.8) is 0 Å². The van der Waals surface area contributed by atoms with Crippen molar-refractivity contribution < 1.29 is 9.15 Å². The van der Waals surface area contributed by atoms with E-state index in [2.05, 4.69) is 15.9 Å². The van der Waals surface area contributed by atoms with Crippen LogP contribution < -0.4 is 10.5 Å². The van der Waals surface area contributed by atoms with Crippen LogP contribution in [0.3, 0.4) is 0 Å². The van der Waals surface area contributed by atoms with E-state index in [9.17, 15) is 0 Å². The summed E-state index contributed by atoms with van der Waals surface area (Å²) in [6.07, 6.45) is 2.20. The summed E-state index contributed by atoms with van der Waals surface area (Å²) in [6, 6.07) is 11.3. The van der Waals surface area contributed by atoms with Gasteiger partial charge in [0.05, 0.1) is 6.26 Å². The van der Waals surface area contributed by atoms with Crippen LogP contribution in [0, 0.1) is 0 Å². The fourth-order valence-electron chi connectivity index (χ4n) is 1.68. The highest BCUT2D eigenvalue weighted by molar-refractivity contribution is 9.10. The Balaban J connectivity index is 2.17. The first-order chi connectivity index (χ1) is 8.70. The summed E-state index contributed by atoms with van der Waals surface area (Å²) < 4.78 is 12.3. The highest BCUT2D eigenvalue weighted by Crippen LogP contribution is 2.26. The number of benzene rings is 1. The lowest BCUT2D eigenvalue weighted by molar-refractivity contribution is 0.144. The van der Waals surface area contributed by atoms with E-state index in [1.807, 2.05) is 43.3 Å². The summed E-state index contributed by atoms with van der Waals surface area (Å²) in [6.45, 7) is 2.03. The Morgan fingerprint density at radius 2 is 2.00 bits per heavy atom. The van der Waals surface area contributed by atoms with Crippen molar-refractivity contribution >= 4 is 15.9 Å². The standard InChI is InChI=1S/C14H16BrNO2/c1-2-12(16)14(13-4-3-9-17-13)18-11-7-5-10(15)6-8-11/h3-9,12,14H,2,16H2,1H3. The van der Waals surface area contributed by atoms with Gasteiger partial charge in [-0.1, -0.05) is 22.9 Å². The van der Waals surface area contributed by atoms with Gasteiger partial charge in [-0.15, -0.1) is 0 Å². The maximum Gasteiger partial charge on any atom is 0.171 e. The number of furan rings is 1. The predicted molar refractivity (Wildman–Crippen MR) is 74.5 cm³/mol. The monoisotopic (exact) mass is 309 g/mol. The van der Waals surface area contributed by atoms with E-state index in [1.54, 1.807) is 6.26 Å². The third kappa shape index (κ3) is 3.15. The molecule has 0 spiro atoms. The van der Waals surface area contributed by atoms with E-state index in [-0.39, 0.29) is 12.1 Å². The lowest BCUT2D eigenvalue weighted by Crippen LogP contribution is -2.31. The Labute approximate surface area is 115 Å². The van der Waals surface area contributed by atoms with Crippen LogP contribution in [0.1, 0.15) is 25.2 Å². The zero-order valence-corrected chi connectivity index (χ0v) is 11.8. The molecular formula is C14H16BrNO2. The van der Waals surface area contributed by atoms with Crippen LogP contribution in [0.15, 0.2) is 51.6 Å². The molecule has 3 nitrogen and oxygen atoms in total. The number of rotatable bonds is 5. The molecule has 1 heterocycles. The summed E-state index contributed by atoms with van der Waals surface area (Å²) in [4.78, 5) is 0. The molecule has 1 aromatic heterocycles. The predicted octanol–water partition coefficient (Wildman–Crippen LogP) is 3.90. The van der Waals surface area contributed by atoms with Gasteiger partial charge < -0.3 is 14.9 Å². The highest BCUT2D eigenvalue weighted by Gasteiger charge is 2.23. The van der Waals surface area contributed by atoms with Gasteiger partial charge in [0, 0.05) is 10.5 Å². The number of hydrogen-bond acceptors (Lipinski definition) is 3. The second-order valence-electron chi connectivity index (χ2n) is 4.08. The van der Waals surface area contributed by atoms with Gasteiger partial charge in [-0.25, -0.2) is 0 Å². The molecule has 0 aliphatic rings. The SMILES string of the molecule is CCC(N)C(Oc1ccc(Br)cc1)c1ccco1. The van der Waals surface area contributed by atoms with Crippen LogP contribution in [0.2, 0.25) is 0 Å². The smallest absolute Gasteiger partial charge is 0.171 e. The molecule has 0 amide bonds. The minimum absolute atomic E-state index is 0.0974. The lowest BCUT2D eigenvalue weighted by Gasteiger charge is -2.22. The number of nitrogens with two attached hydrogens (primary N) is 1. The molecule has 2 N–H and O–H groups in total. The molecule has 96 valence electrons. The quantitative estimate of drug-likeness (QED) is 0.911. The zero-order chi connectivity index (χ0) is 13.0. The van der Waals surface area contributed by atoms with Crippen LogP contribution in [0.5, 0.6) is 5.75 Å². The average molecular weight is 310 g/mol. The third-order valence-electron chi connectivity index (χ3n) is 2.76. The maximum atomic E-state index is 6.09. The molecule has 0 bridgehead atoms. The van der Waals surface area contributed by atoms with Gasteiger partial charge in [-0.3, -0.25) is 0 Å². The van der Waals surface area contributed by atoms with E-state index in [0.717, 1.165) is 22.4 Å². The lowest BCUT2D eigenvalue weighted by atomic mass is 10.1. The van der Waals surface area contributed by atoms with Crippen molar-refractivity contribution in [2.45, 2.75) is 25.5 Å². The Morgan fingerprint density at radius 1 is 1.28 bits per heavy atom. The van der Waals surface area contributed by atoms with Crippen molar-refractivity contribution in [1.82, 2.24) is 0 Å². The normalized spacial score (nSPS) is 14.2. The van der Waals surface area contributed by atoms with Crippen LogP contribution in [0.25, 0.3) is 0 Å². The summed E-state index contributed by atoms with van der Waals surface area (Å²) >= 11 is 3.39.